The Balaban J connectivity index is 0.00000103. The first-order valence-corrected chi connectivity index (χ1v) is 16.2. The molecule has 47 heavy (non-hydrogen) atoms. The summed E-state index contributed by atoms with van der Waals surface area (Å²) in [4.78, 5) is 29.4. The zero-order chi connectivity index (χ0) is 33.9. The maximum atomic E-state index is 12.9. The molecule has 4 heterocycles. The molecule has 0 radical (unpaired) electrons. The van der Waals surface area contributed by atoms with Crippen LogP contribution in [0.25, 0.3) is 22.3 Å². The summed E-state index contributed by atoms with van der Waals surface area (Å²) in [6, 6.07) is 15.6. The van der Waals surface area contributed by atoms with Gasteiger partial charge in [0.25, 0.3) is 0 Å². The van der Waals surface area contributed by atoms with Crippen molar-refractivity contribution in [1.82, 2.24) is 24.5 Å². The summed E-state index contributed by atoms with van der Waals surface area (Å²) in [6.07, 6.45) is -3.79. The van der Waals surface area contributed by atoms with Gasteiger partial charge < -0.3 is 30.5 Å². The highest BCUT2D eigenvalue weighted by atomic mass is 35.5. The summed E-state index contributed by atoms with van der Waals surface area (Å²) in [5.41, 5.74) is 10.1. The molecule has 6 rings (SSSR count). The van der Waals surface area contributed by atoms with Gasteiger partial charge in [0.1, 0.15) is 23.8 Å². The van der Waals surface area contributed by atoms with Crippen LogP contribution in [0.1, 0.15) is 23.0 Å². The molecule has 15 nitrogen and oxygen atoms in total. The number of nitrogens with one attached hydrogen (secondary N) is 1. The number of imidazole rings is 1. The van der Waals surface area contributed by atoms with Crippen LogP contribution in [0.15, 0.2) is 65.7 Å². The van der Waals surface area contributed by atoms with E-state index in [-0.39, 0.29) is 41.0 Å². The number of carboxylic acids is 1. The fraction of sp³-hybridized carbons (Fsp3) is 0.276. The lowest BCUT2D eigenvalue weighted by Crippen LogP contribution is -2.44. The first-order chi connectivity index (χ1) is 22.4. The zero-order valence-electron chi connectivity index (χ0n) is 24.5. The van der Waals surface area contributed by atoms with Gasteiger partial charge in [0.2, 0.25) is 10.9 Å². The molecule has 6 N–H and O–H groups in total. The van der Waals surface area contributed by atoms with Gasteiger partial charge in [-0.3, -0.25) is 4.57 Å². The molecule has 1 saturated heterocycles. The maximum absolute atomic E-state index is 12.9. The van der Waals surface area contributed by atoms with Crippen molar-refractivity contribution in [3.8, 4) is 11.1 Å². The van der Waals surface area contributed by atoms with Crippen molar-refractivity contribution in [1.29, 1.82) is 4.78 Å². The molecule has 246 valence electrons. The Hall–Kier alpha value is -4.36. The highest BCUT2D eigenvalue weighted by Crippen LogP contribution is 2.36. The summed E-state index contributed by atoms with van der Waals surface area (Å²) in [7, 11) is -2.61. The summed E-state index contributed by atoms with van der Waals surface area (Å²) < 4.78 is 36.3. The number of halogens is 1. The van der Waals surface area contributed by atoms with Gasteiger partial charge in [-0.25, -0.2) is 14.8 Å². The van der Waals surface area contributed by atoms with Crippen molar-refractivity contribution in [2.24, 2.45) is 0 Å². The Morgan fingerprint density at radius 3 is 2.49 bits per heavy atom. The number of aliphatic hydroxyl groups is 2. The number of aliphatic carboxylic acids is 1. The van der Waals surface area contributed by atoms with Gasteiger partial charge in [-0.05, 0) is 40.8 Å². The van der Waals surface area contributed by atoms with Crippen LogP contribution in [-0.2, 0) is 36.8 Å². The molecule has 5 atom stereocenters. The zero-order valence-corrected chi connectivity index (χ0v) is 26.9. The molecule has 0 unspecified atom stereocenters. The molecule has 18 heteroatoms. The first kappa shape index (κ1) is 34.0. The lowest BCUT2D eigenvalue weighted by molar-refractivity contribution is -0.177. The van der Waals surface area contributed by atoms with E-state index in [1.807, 2.05) is 55.5 Å². The largest absolute Gasteiger partial charge is 0.479 e. The average molecular weight is 702 g/mol. The number of benzene rings is 2. The minimum atomic E-state index is -2.61. The van der Waals surface area contributed by atoms with E-state index >= 15 is 0 Å². The lowest BCUT2D eigenvalue weighted by atomic mass is 9.90. The Morgan fingerprint density at radius 1 is 1.15 bits per heavy atom. The number of rotatable bonds is 9. The Labute approximate surface area is 277 Å². The number of nitrogen functional groups attached to an aromatic ring is 1. The molecule has 0 spiro atoms. The molecule has 1 aliphatic heterocycles. The molecule has 2 aromatic carbocycles. The van der Waals surface area contributed by atoms with Crippen LogP contribution in [-0.4, -0.2) is 79.1 Å². The number of nitrogens with zero attached hydrogens (tertiary/aromatic N) is 5. The molecular formula is C29H28ClN7O8S2. The minimum Gasteiger partial charge on any atom is -0.479 e. The monoisotopic (exact) mass is 701 g/mol. The van der Waals surface area contributed by atoms with Crippen molar-refractivity contribution >= 4 is 56.4 Å². The molecule has 0 amide bonds. The van der Waals surface area contributed by atoms with E-state index in [2.05, 4.69) is 19.9 Å². The molecule has 0 bridgehead atoms. The van der Waals surface area contributed by atoms with E-state index in [0.717, 1.165) is 16.7 Å². The highest BCUT2D eigenvalue weighted by molar-refractivity contribution is 7.60. The van der Waals surface area contributed by atoms with Crippen molar-refractivity contribution < 1.29 is 38.0 Å². The number of fused-ring (bicyclic) bond motifs is 1. The van der Waals surface area contributed by atoms with Crippen molar-refractivity contribution in [3.05, 3.63) is 87.9 Å². The first-order valence-electron chi connectivity index (χ1n) is 13.8. The topological polar surface area (TPSA) is 237 Å². The third-order valence-corrected chi connectivity index (χ3v) is 8.34. The van der Waals surface area contributed by atoms with Crippen molar-refractivity contribution in [3.63, 3.8) is 0 Å². The number of aryl methyl sites for hydroxylation is 1. The highest BCUT2D eigenvalue weighted by Gasteiger charge is 2.49. The summed E-state index contributed by atoms with van der Waals surface area (Å²) >= 11 is 7.21. The van der Waals surface area contributed by atoms with Crippen LogP contribution >= 0.6 is 22.9 Å². The number of carboxylic acid groups (broad SMARTS) is 1. The number of nitrogens with two attached hydrogens (primary N) is 1. The second kappa shape index (κ2) is 14.2. The Kier molecular flexibility index (Phi) is 10.3. The summed E-state index contributed by atoms with van der Waals surface area (Å²) in [6.45, 7) is 1.66. The number of aliphatic hydroxyl groups excluding tert-OH is 2. The fourth-order valence-electron chi connectivity index (χ4n) is 5.28. The molecule has 3 aromatic heterocycles. The molecule has 0 saturated carbocycles. The number of thiazole rings is 1. The third kappa shape index (κ3) is 7.15. The standard InChI is InChI=1S/C29H27ClN6O6S.HNO2S/c1-15-4-2-3-5-18(15)17-8-6-16(7-9-17)10-29(27(39)40,20-12-43-14-33-20)41-11-19-22(37)23(38)26(42-19)36-13-32-21-24(31)34-28(30)35-25(21)36;1-4(2)3/h2-9,12-14,19,22-23,26,37-38H,10-11H2,1H3,(H,39,40)(H2,31,34,35);1H/t19-,22-,23-,26-,29-;/m1./s1. The van der Waals surface area contributed by atoms with Gasteiger partial charge >= 0.3 is 16.5 Å². The summed E-state index contributed by atoms with van der Waals surface area (Å²) in [5.74, 6) is -1.21. The van der Waals surface area contributed by atoms with Gasteiger partial charge in [-0.15, -0.1) is 11.3 Å². The predicted molar refractivity (Wildman–Crippen MR) is 170 cm³/mol. The van der Waals surface area contributed by atoms with Crippen LogP contribution in [0.3, 0.4) is 0 Å². The SMILES string of the molecule is Cc1ccccc1-c1ccc(C[C@](OC[C@H]2O[C@@H](n3cnc4c(N)nc(Cl)nc43)[C@H](O)[C@@H]2O)(C(=O)O)c2cscn2)cc1.N=S(=O)=O. The van der Waals surface area contributed by atoms with Crippen LogP contribution in [0.5, 0.6) is 0 Å². The third-order valence-electron chi connectivity index (χ3n) is 7.58. The van der Waals surface area contributed by atoms with Crippen molar-refractivity contribution in [2.75, 3.05) is 12.3 Å². The number of anilines is 1. The Morgan fingerprint density at radius 2 is 1.85 bits per heavy atom. The van der Waals surface area contributed by atoms with Gasteiger partial charge in [0.05, 0.1) is 24.1 Å². The number of aromatic nitrogens is 5. The fourth-order valence-corrected chi connectivity index (χ4v) is 6.07. The van der Waals surface area contributed by atoms with Crippen molar-refractivity contribution in [2.45, 2.75) is 43.5 Å². The minimum absolute atomic E-state index is 0.0445. The van der Waals surface area contributed by atoms with E-state index < -0.39 is 46.6 Å². The quantitative estimate of drug-likeness (QED) is 0.139. The number of hydrogen-bond donors (Lipinski definition) is 5. The van der Waals surface area contributed by atoms with Gasteiger partial charge in [-0.1, -0.05) is 48.5 Å². The number of carbonyl (C=O) groups is 1. The van der Waals surface area contributed by atoms with Gasteiger partial charge in [0, 0.05) is 11.8 Å². The number of ether oxygens (including phenoxy) is 2. The lowest BCUT2D eigenvalue weighted by Gasteiger charge is -2.30. The van der Waals surface area contributed by atoms with E-state index in [0.29, 0.717) is 5.56 Å². The van der Waals surface area contributed by atoms with E-state index in [1.165, 1.54) is 27.7 Å². The van der Waals surface area contributed by atoms with Crippen LogP contribution in [0, 0.1) is 11.7 Å². The van der Waals surface area contributed by atoms with E-state index in [9.17, 15) is 20.1 Å². The second-order valence-corrected chi connectivity index (χ2v) is 12.0. The van der Waals surface area contributed by atoms with E-state index in [4.69, 9.17) is 40.0 Å². The maximum Gasteiger partial charge on any atom is 0.342 e. The molecule has 0 aliphatic carbocycles. The predicted octanol–water partition coefficient (Wildman–Crippen LogP) is 2.98. The van der Waals surface area contributed by atoms with Crippen LogP contribution < -0.4 is 5.73 Å². The normalized spacial score (nSPS) is 20.3. The Bertz CT molecular complexity index is 1990. The van der Waals surface area contributed by atoms with E-state index in [1.54, 1.807) is 5.38 Å². The second-order valence-electron chi connectivity index (χ2n) is 10.5. The molecule has 1 fully saturated rings. The van der Waals surface area contributed by atoms with Gasteiger partial charge in [0.15, 0.2) is 17.7 Å². The summed E-state index contributed by atoms with van der Waals surface area (Å²) in [5, 5.41) is 33.8. The smallest absolute Gasteiger partial charge is 0.342 e. The average Bonchev–Trinajstić information content (AvgIpc) is 3.77. The number of hydrogen-bond acceptors (Lipinski definition) is 14. The van der Waals surface area contributed by atoms with Gasteiger partial charge in [-0.2, -0.15) is 23.2 Å². The molecular weight excluding hydrogens is 674 g/mol. The van der Waals surface area contributed by atoms with Crippen LogP contribution in [0.4, 0.5) is 5.82 Å². The van der Waals surface area contributed by atoms with Crippen LogP contribution in [0.2, 0.25) is 5.28 Å². The molecule has 5 aromatic rings. The molecule has 1 aliphatic rings.